The Morgan fingerprint density at radius 3 is 1.28 bits per heavy atom. The van der Waals surface area contributed by atoms with Crippen LogP contribution in [0.3, 0.4) is 0 Å². The molecule has 0 bridgehead atoms. The fraction of sp³-hybridized carbons (Fsp3) is 0.106. The SMILES string of the molecule is c1ccc(N(c2ccccc2)c2ccc(C3(c4ccc(N(c5ccccc5)c5ccc6c(c5)oc5ccccc56)cc4)CCCC3)cc2)cc1. The highest BCUT2D eigenvalue weighted by molar-refractivity contribution is 6.06. The van der Waals surface area contributed by atoms with E-state index in [-0.39, 0.29) is 5.41 Å². The first kappa shape index (κ1) is 30.0. The monoisotopic (exact) mass is 646 g/mol. The summed E-state index contributed by atoms with van der Waals surface area (Å²) < 4.78 is 6.31. The Morgan fingerprint density at radius 1 is 0.360 bits per heavy atom. The van der Waals surface area contributed by atoms with E-state index in [2.05, 4.69) is 180 Å². The van der Waals surface area contributed by atoms with Crippen molar-refractivity contribution in [2.45, 2.75) is 31.1 Å². The molecule has 0 amide bonds. The molecule has 0 unspecified atom stereocenters. The van der Waals surface area contributed by atoms with Gasteiger partial charge in [-0.3, -0.25) is 0 Å². The van der Waals surface area contributed by atoms with Gasteiger partial charge in [-0.1, -0.05) is 110 Å². The van der Waals surface area contributed by atoms with E-state index in [1.807, 2.05) is 12.1 Å². The van der Waals surface area contributed by atoms with E-state index in [1.165, 1.54) is 24.0 Å². The second kappa shape index (κ2) is 12.8. The molecule has 8 aromatic rings. The van der Waals surface area contributed by atoms with Crippen molar-refractivity contribution >= 4 is 56.1 Å². The van der Waals surface area contributed by atoms with Crippen LogP contribution < -0.4 is 9.80 Å². The van der Waals surface area contributed by atoms with Gasteiger partial charge in [0.05, 0.1) is 0 Å². The first-order chi connectivity index (χ1) is 24.8. The Kier molecular flexibility index (Phi) is 7.66. The molecular weight excluding hydrogens is 609 g/mol. The minimum Gasteiger partial charge on any atom is -0.456 e. The fourth-order valence-corrected chi connectivity index (χ4v) is 8.06. The predicted molar refractivity (Wildman–Crippen MR) is 209 cm³/mol. The summed E-state index contributed by atoms with van der Waals surface area (Å²) in [5.41, 5.74) is 11.4. The number of rotatable bonds is 8. The first-order valence-corrected chi connectivity index (χ1v) is 17.6. The van der Waals surface area contributed by atoms with E-state index >= 15 is 0 Å². The van der Waals surface area contributed by atoms with Gasteiger partial charge in [0.2, 0.25) is 0 Å². The number of fused-ring (bicyclic) bond motifs is 3. The van der Waals surface area contributed by atoms with Gasteiger partial charge in [0, 0.05) is 56.4 Å². The van der Waals surface area contributed by atoms with Crippen LogP contribution in [0.4, 0.5) is 34.1 Å². The van der Waals surface area contributed by atoms with Crippen molar-refractivity contribution < 1.29 is 4.42 Å². The summed E-state index contributed by atoms with van der Waals surface area (Å²) in [7, 11) is 0. The molecule has 0 atom stereocenters. The second-order valence-electron chi connectivity index (χ2n) is 13.3. The Morgan fingerprint density at radius 2 is 0.760 bits per heavy atom. The van der Waals surface area contributed by atoms with Crippen LogP contribution >= 0.6 is 0 Å². The molecule has 0 radical (unpaired) electrons. The molecule has 1 heterocycles. The van der Waals surface area contributed by atoms with Crippen LogP contribution in [0.2, 0.25) is 0 Å². The topological polar surface area (TPSA) is 19.6 Å². The third kappa shape index (κ3) is 5.32. The van der Waals surface area contributed by atoms with Crippen molar-refractivity contribution in [3.63, 3.8) is 0 Å². The van der Waals surface area contributed by atoms with E-state index in [0.29, 0.717) is 0 Å². The number of hydrogen-bond donors (Lipinski definition) is 0. The zero-order chi connectivity index (χ0) is 33.3. The highest BCUT2D eigenvalue weighted by Crippen LogP contribution is 2.48. The van der Waals surface area contributed by atoms with Gasteiger partial charge in [-0.2, -0.15) is 0 Å². The lowest BCUT2D eigenvalue weighted by molar-refractivity contribution is 0.535. The van der Waals surface area contributed by atoms with E-state index < -0.39 is 0 Å². The van der Waals surface area contributed by atoms with Crippen LogP contribution in [0.15, 0.2) is 186 Å². The van der Waals surface area contributed by atoms with Crippen molar-refractivity contribution in [2.24, 2.45) is 0 Å². The third-order valence-corrected chi connectivity index (χ3v) is 10.5. The van der Waals surface area contributed by atoms with Crippen LogP contribution in [0.1, 0.15) is 36.8 Å². The molecule has 0 saturated heterocycles. The van der Waals surface area contributed by atoms with Crippen molar-refractivity contribution in [3.05, 3.63) is 193 Å². The van der Waals surface area contributed by atoms with Crippen molar-refractivity contribution in [1.29, 1.82) is 0 Å². The van der Waals surface area contributed by atoms with Crippen LogP contribution in [0, 0.1) is 0 Å². The summed E-state index contributed by atoms with van der Waals surface area (Å²) in [6, 6.07) is 65.4. The molecule has 1 saturated carbocycles. The molecule has 1 aliphatic carbocycles. The van der Waals surface area contributed by atoms with Crippen LogP contribution in [0.5, 0.6) is 0 Å². The molecule has 0 aliphatic heterocycles. The summed E-state index contributed by atoms with van der Waals surface area (Å²) in [4.78, 5) is 4.66. The van der Waals surface area contributed by atoms with Gasteiger partial charge in [0.25, 0.3) is 0 Å². The Hall–Kier alpha value is -6.06. The molecule has 1 aliphatic rings. The maximum absolute atomic E-state index is 6.31. The Balaban J connectivity index is 1.08. The Labute approximate surface area is 293 Å². The number of benzene rings is 7. The van der Waals surface area contributed by atoms with Gasteiger partial charge in [-0.05, 0) is 103 Å². The standard InChI is InChI=1S/C47H38N2O/c1-4-14-37(15-5-1)48(38-16-6-2-7-17-38)40-26-22-35(23-27-40)47(32-12-13-33-47)36-24-28-41(29-25-36)49(39-18-8-3-9-19-39)42-30-31-44-43-20-10-11-21-45(43)50-46(44)34-42/h1-11,14-31,34H,12-13,32-33H2. The number of nitrogens with zero attached hydrogens (tertiary/aromatic N) is 2. The number of hydrogen-bond acceptors (Lipinski definition) is 3. The second-order valence-corrected chi connectivity index (χ2v) is 13.3. The molecule has 3 heteroatoms. The summed E-state index contributed by atoms with van der Waals surface area (Å²) in [5, 5.41) is 2.28. The normalized spacial score (nSPS) is 13.8. The molecular formula is C47H38N2O. The number of furan rings is 1. The van der Waals surface area contributed by atoms with Gasteiger partial charge in [0.1, 0.15) is 11.2 Å². The van der Waals surface area contributed by atoms with Gasteiger partial charge < -0.3 is 14.2 Å². The van der Waals surface area contributed by atoms with Crippen LogP contribution in [0.25, 0.3) is 21.9 Å². The number of para-hydroxylation sites is 4. The average Bonchev–Trinajstić information content (AvgIpc) is 3.83. The predicted octanol–water partition coefficient (Wildman–Crippen LogP) is 13.4. The van der Waals surface area contributed by atoms with E-state index in [0.717, 1.165) is 68.9 Å². The molecule has 0 N–H and O–H groups in total. The van der Waals surface area contributed by atoms with Crippen molar-refractivity contribution in [2.75, 3.05) is 9.80 Å². The molecule has 242 valence electrons. The maximum atomic E-state index is 6.31. The molecule has 0 spiro atoms. The van der Waals surface area contributed by atoms with Crippen molar-refractivity contribution in [1.82, 2.24) is 0 Å². The van der Waals surface area contributed by atoms with Gasteiger partial charge in [-0.25, -0.2) is 0 Å². The summed E-state index contributed by atoms with van der Waals surface area (Å²) in [5.74, 6) is 0. The largest absolute Gasteiger partial charge is 0.456 e. The van der Waals surface area contributed by atoms with E-state index in [9.17, 15) is 0 Å². The lowest BCUT2D eigenvalue weighted by Gasteiger charge is -2.33. The summed E-state index contributed by atoms with van der Waals surface area (Å²) in [6.45, 7) is 0. The van der Waals surface area contributed by atoms with Crippen LogP contribution in [-0.4, -0.2) is 0 Å². The molecule has 9 rings (SSSR count). The number of anilines is 6. The van der Waals surface area contributed by atoms with Gasteiger partial charge in [0.15, 0.2) is 0 Å². The Bertz CT molecular complexity index is 2320. The maximum Gasteiger partial charge on any atom is 0.137 e. The minimum atomic E-state index is -0.00779. The smallest absolute Gasteiger partial charge is 0.137 e. The molecule has 1 aromatic heterocycles. The minimum absolute atomic E-state index is 0.00779. The molecule has 3 nitrogen and oxygen atoms in total. The first-order valence-electron chi connectivity index (χ1n) is 17.6. The molecule has 7 aromatic carbocycles. The highest BCUT2D eigenvalue weighted by Gasteiger charge is 2.37. The van der Waals surface area contributed by atoms with Crippen LogP contribution in [-0.2, 0) is 5.41 Å². The van der Waals surface area contributed by atoms with Gasteiger partial charge in [-0.15, -0.1) is 0 Å². The summed E-state index contributed by atoms with van der Waals surface area (Å²) in [6.07, 6.45) is 4.77. The lowest BCUT2D eigenvalue weighted by Crippen LogP contribution is -2.24. The van der Waals surface area contributed by atoms with E-state index in [1.54, 1.807) is 0 Å². The zero-order valence-corrected chi connectivity index (χ0v) is 28.0. The van der Waals surface area contributed by atoms with Gasteiger partial charge >= 0.3 is 0 Å². The highest BCUT2D eigenvalue weighted by atomic mass is 16.3. The molecule has 50 heavy (non-hydrogen) atoms. The quantitative estimate of drug-likeness (QED) is 0.164. The summed E-state index contributed by atoms with van der Waals surface area (Å²) >= 11 is 0. The molecule has 1 fully saturated rings. The lowest BCUT2D eigenvalue weighted by atomic mass is 9.73. The van der Waals surface area contributed by atoms with E-state index in [4.69, 9.17) is 4.42 Å². The zero-order valence-electron chi connectivity index (χ0n) is 28.0. The fourth-order valence-electron chi connectivity index (χ4n) is 8.06. The average molecular weight is 647 g/mol. The third-order valence-electron chi connectivity index (χ3n) is 10.5. The van der Waals surface area contributed by atoms with Crippen molar-refractivity contribution in [3.8, 4) is 0 Å².